The van der Waals surface area contributed by atoms with Gasteiger partial charge in [0.05, 0.1) is 7.11 Å². The number of nitrogens with two attached hydrogens (primary N) is 1. The second kappa shape index (κ2) is 5.78. The number of carbonyl (C=O) groups excluding carboxylic acids is 1. The maximum absolute atomic E-state index is 13.5. The zero-order valence-electron chi connectivity index (χ0n) is 11.1. The van der Waals surface area contributed by atoms with Gasteiger partial charge in [-0.1, -0.05) is 11.6 Å². The first-order chi connectivity index (χ1) is 9.77. The van der Waals surface area contributed by atoms with Crippen LogP contribution >= 0.6 is 11.6 Å². The first-order valence-electron chi connectivity index (χ1n) is 6.06. The largest absolute Gasteiger partial charge is 0.495 e. The highest BCUT2D eigenvalue weighted by molar-refractivity contribution is 7.89. The highest BCUT2D eigenvalue weighted by atomic mass is 35.5. The SMILES string of the molecule is COc1ccc(Cl)cc1S(=O)(=O)N1C[C@H](F)C[C@H]1C(N)=O. The number of sulfonamides is 1. The molecule has 0 saturated carbocycles. The topological polar surface area (TPSA) is 89.7 Å². The van der Waals surface area contributed by atoms with E-state index in [9.17, 15) is 17.6 Å². The molecule has 1 aliphatic rings. The molecule has 0 unspecified atom stereocenters. The number of benzene rings is 1. The fourth-order valence-corrected chi connectivity index (χ4v) is 4.31. The second-order valence-electron chi connectivity index (χ2n) is 4.62. The van der Waals surface area contributed by atoms with Crippen molar-refractivity contribution < 1.29 is 22.3 Å². The maximum Gasteiger partial charge on any atom is 0.247 e. The molecule has 2 N–H and O–H groups in total. The van der Waals surface area contributed by atoms with Crippen LogP contribution in [0.5, 0.6) is 5.75 Å². The number of ether oxygens (including phenoxy) is 1. The molecular weight excluding hydrogens is 323 g/mol. The summed E-state index contributed by atoms with van der Waals surface area (Å²) in [5, 5.41) is 0.181. The van der Waals surface area contributed by atoms with Crippen LogP contribution in [0.3, 0.4) is 0 Å². The van der Waals surface area contributed by atoms with Gasteiger partial charge in [0.1, 0.15) is 22.9 Å². The molecule has 1 aromatic carbocycles. The lowest BCUT2D eigenvalue weighted by molar-refractivity contribution is -0.121. The molecular formula is C12H14ClFN2O4S. The number of nitrogens with zero attached hydrogens (tertiary/aromatic N) is 1. The average Bonchev–Trinajstić information content (AvgIpc) is 2.82. The van der Waals surface area contributed by atoms with Crippen LogP contribution in [0.25, 0.3) is 0 Å². The highest BCUT2D eigenvalue weighted by Gasteiger charge is 2.44. The monoisotopic (exact) mass is 336 g/mol. The van der Waals surface area contributed by atoms with Gasteiger partial charge >= 0.3 is 0 Å². The summed E-state index contributed by atoms with van der Waals surface area (Å²) in [5.74, 6) is -0.829. The maximum atomic E-state index is 13.5. The van der Waals surface area contributed by atoms with Crippen LogP contribution in [-0.4, -0.2) is 44.5 Å². The van der Waals surface area contributed by atoms with Gasteiger partial charge in [-0.15, -0.1) is 0 Å². The zero-order chi connectivity index (χ0) is 15.8. The minimum atomic E-state index is -4.15. The molecule has 0 aliphatic carbocycles. The van der Waals surface area contributed by atoms with E-state index in [0.717, 1.165) is 4.31 Å². The number of halogens is 2. The molecule has 21 heavy (non-hydrogen) atoms. The molecule has 1 amide bonds. The first kappa shape index (κ1) is 16.0. The van der Waals surface area contributed by atoms with Crippen LogP contribution in [0.4, 0.5) is 4.39 Å². The normalized spacial score (nSPS) is 23.2. The Labute approximate surface area is 126 Å². The van der Waals surface area contributed by atoms with Crippen molar-refractivity contribution in [2.75, 3.05) is 13.7 Å². The Morgan fingerprint density at radius 3 is 2.76 bits per heavy atom. The molecule has 1 saturated heterocycles. The number of alkyl halides is 1. The van der Waals surface area contributed by atoms with Crippen molar-refractivity contribution in [2.45, 2.75) is 23.5 Å². The summed E-state index contributed by atoms with van der Waals surface area (Å²) in [5.41, 5.74) is 5.16. The number of primary amides is 1. The van der Waals surface area contributed by atoms with Crippen LogP contribution in [0, 0.1) is 0 Å². The Balaban J connectivity index is 2.51. The molecule has 6 nitrogen and oxygen atoms in total. The standard InChI is InChI=1S/C12H14ClFN2O4S/c1-20-10-3-2-7(13)4-11(10)21(18,19)16-6-8(14)5-9(16)12(15)17/h2-4,8-9H,5-6H2,1H3,(H2,15,17)/t8-,9+/m1/s1. The Kier molecular flexibility index (Phi) is 4.40. The van der Waals surface area contributed by atoms with Crippen molar-refractivity contribution in [2.24, 2.45) is 5.73 Å². The summed E-state index contributed by atoms with van der Waals surface area (Å²) in [6.07, 6.45) is -1.69. The minimum absolute atomic E-state index is 0.0601. The molecule has 0 aromatic heterocycles. The van der Waals surface area contributed by atoms with Crippen LogP contribution in [0.15, 0.2) is 23.1 Å². The summed E-state index contributed by atoms with van der Waals surface area (Å²) in [6, 6.07) is 2.83. The fraction of sp³-hybridized carbons (Fsp3) is 0.417. The van der Waals surface area contributed by atoms with E-state index < -0.39 is 34.7 Å². The molecule has 2 atom stereocenters. The van der Waals surface area contributed by atoms with Crippen molar-refractivity contribution >= 4 is 27.5 Å². The van der Waals surface area contributed by atoms with Gasteiger partial charge in [0.15, 0.2) is 0 Å². The molecule has 9 heteroatoms. The Morgan fingerprint density at radius 2 is 2.19 bits per heavy atom. The molecule has 0 bridgehead atoms. The number of amides is 1. The summed E-state index contributed by atoms with van der Waals surface area (Å²) in [7, 11) is -2.85. The summed E-state index contributed by atoms with van der Waals surface area (Å²) >= 11 is 5.81. The molecule has 0 radical (unpaired) electrons. The molecule has 1 aromatic rings. The molecule has 1 fully saturated rings. The number of hydrogen-bond donors (Lipinski definition) is 1. The van der Waals surface area contributed by atoms with E-state index in [1.165, 1.54) is 25.3 Å². The fourth-order valence-electron chi connectivity index (χ4n) is 2.26. The Morgan fingerprint density at radius 1 is 1.52 bits per heavy atom. The lowest BCUT2D eigenvalue weighted by atomic mass is 10.2. The van der Waals surface area contributed by atoms with Gasteiger partial charge in [-0.2, -0.15) is 4.31 Å². The van der Waals surface area contributed by atoms with Crippen molar-refractivity contribution in [1.82, 2.24) is 4.31 Å². The van der Waals surface area contributed by atoms with Crippen LogP contribution in [0.1, 0.15) is 6.42 Å². The third-order valence-electron chi connectivity index (χ3n) is 3.25. The van der Waals surface area contributed by atoms with Gasteiger partial charge in [-0.25, -0.2) is 12.8 Å². The van der Waals surface area contributed by atoms with E-state index >= 15 is 0 Å². The van der Waals surface area contributed by atoms with Gasteiger partial charge in [0.25, 0.3) is 0 Å². The van der Waals surface area contributed by atoms with E-state index in [1.54, 1.807) is 0 Å². The number of hydrogen-bond acceptors (Lipinski definition) is 4. The Bertz CT molecular complexity index is 667. The zero-order valence-corrected chi connectivity index (χ0v) is 12.7. The Hall–Kier alpha value is -1.38. The molecule has 1 heterocycles. The quantitative estimate of drug-likeness (QED) is 0.886. The van der Waals surface area contributed by atoms with Crippen LogP contribution in [-0.2, 0) is 14.8 Å². The van der Waals surface area contributed by atoms with E-state index in [4.69, 9.17) is 22.1 Å². The molecule has 2 rings (SSSR count). The van der Waals surface area contributed by atoms with E-state index in [0.29, 0.717) is 0 Å². The smallest absolute Gasteiger partial charge is 0.247 e. The number of carbonyl (C=O) groups is 1. The minimum Gasteiger partial charge on any atom is -0.495 e. The predicted octanol–water partition coefficient (Wildman–Crippen LogP) is 0.935. The van der Waals surface area contributed by atoms with E-state index in [2.05, 4.69) is 0 Å². The van der Waals surface area contributed by atoms with Gasteiger partial charge in [0, 0.05) is 18.0 Å². The number of methoxy groups -OCH3 is 1. The van der Waals surface area contributed by atoms with Gasteiger partial charge in [-0.3, -0.25) is 4.79 Å². The molecule has 1 aliphatic heterocycles. The summed E-state index contributed by atoms with van der Waals surface area (Å²) < 4.78 is 44.6. The third kappa shape index (κ3) is 2.97. The lowest BCUT2D eigenvalue weighted by Crippen LogP contribution is -2.43. The third-order valence-corrected chi connectivity index (χ3v) is 5.38. The summed E-state index contributed by atoms with van der Waals surface area (Å²) in [4.78, 5) is 11.1. The lowest BCUT2D eigenvalue weighted by Gasteiger charge is -2.22. The van der Waals surface area contributed by atoms with Crippen molar-refractivity contribution in [3.8, 4) is 5.75 Å². The van der Waals surface area contributed by atoms with Gasteiger partial charge in [0.2, 0.25) is 15.9 Å². The summed E-state index contributed by atoms with van der Waals surface area (Å²) in [6.45, 7) is -0.425. The van der Waals surface area contributed by atoms with Crippen LogP contribution < -0.4 is 10.5 Å². The second-order valence-corrected chi connectivity index (χ2v) is 6.92. The average molecular weight is 337 g/mol. The highest BCUT2D eigenvalue weighted by Crippen LogP contribution is 2.33. The molecule has 116 valence electrons. The van der Waals surface area contributed by atoms with E-state index in [-0.39, 0.29) is 22.1 Å². The van der Waals surface area contributed by atoms with Crippen molar-refractivity contribution in [3.05, 3.63) is 23.2 Å². The van der Waals surface area contributed by atoms with Gasteiger partial charge in [-0.05, 0) is 18.2 Å². The van der Waals surface area contributed by atoms with Crippen molar-refractivity contribution in [1.29, 1.82) is 0 Å². The molecule has 0 spiro atoms. The van der Waals surface area contributed by atoms with Crippen LogP contribution in [0.2, 0.25) is 5.02 Å². The predicted molar refractivity (Wildman–Crippen MR) is 74.4 cm³/mol. The van der Waals surface area contributed by atoms with E-state index in [1.807, 2.05) is 0 Å². The first-order valence-corrected chi connectivity index (χ1v) is 7.88. The van der Waals surface area contributed by atoms with Gasteiger partial charge < -0.3 is 10.5 Å². The van der Waals surface area contributed by atoms with Crippen molar-refractivity contribution in [3.63, 3.8) is 0 Å². The number of rotatable bonds is 4.